The van der Waals surface area contributed by atoms with Crippen molar-refractivity contribution in [3.8, 4) is 0 Å². The molecule has 19 heavy (non-hydrogen) atoms. The first-order chi connectivity index (χ1) is 9.04. The summed E-state index contributed by atoms with van der Waals surface area (Å²) in [5.41, 5.74) is 0. The highest BCUT2D eigenvalue weighted by Gasteiger charge is 2.32. The normalized spacial score (nSPS) is 19.3. The fourth-order valence-electron chi connectivity index (χ4n) is 2.21. The smallest absolute Gasteiger partial charge is 0.264 e. The van der Waals surface area contributed by atoms with Crippen molar-refractivity contribution in [1.82, 2.24) is 10.2 Å². The summed E-state index contributed by atoms with van der Waals surface area (Å²) in [6.45, 7) is 0.643. The summed E-state index contributed by atoms with van der Waals surface area (Å²) in [5, 5.41) is 2.64. The number of carbonyl (C=O) groups excluding carboxylic acids is 2. The van der Waals surface area contributed by atoms with Crippen LogP contribution >= 0.6 is 43.2 Å². The molecule has 1 fully saturated rings. The molecule has 104 valence electrons. The van der Waals surface area contributed by atoms with E-state index in [1.807, 2.05) is 0 Å². The van der Waals surface area contributed by atoms with Crippen molar-refractivity contribution in [3.63, 3.8) is 0 Å². The zero-order valence-electron chi connectivity index (χ0n) is 10.4. The minimum atomic E-state index is -0.342. The standard InChI is InChI=1S/C12H14Br2N2O2S/c1-15-11(17)8-4-2-3-5-16(8)12(18)9-6-7(13)10(14)19-9/h6,8H,2-5H2,1H3,(H,15,17). The van der Waals surface area contributed by atoms with Crippen LogP contribution < -0.4 is 5.32 Å². The van der Waals surface area contributed by atoms with Crippen LogP contribution in [-0.4, -0.2) is 36.3 Å². The van der Waals surface area contributed by atoms with E-state index in [1.165, 1.54) is 11.3 Å². The topological polar surface area (TPSA) is 49.4 Å². The molecule has 1 N–H and O–H groups in total. The molecule has 2 heterocycles. The summed E-state index contributed by atoms with van der Waals surface area (Å²) in [5.74, 6) is -0.146. The Morgan fingerprint density at radius 3 is 2.74 bits per heavy atom. The molecule has 0 bridgehead atoms. The van der Waals surface area contributed by atoms with Crippen molar-refractivity contribution in [2.45, 2.75) is 25.3 Å². The number of amides is 2. The van der Waals surface area contributed by atoms with Crippen LogP contribution in [0.5, 0.6) is 0 Å². The SMILES string of the molecule is CNC(=O)C1CCCCN1C(=O)c1cc(Br)c(Br)s1. The molecule has 4 nitrogen and oxygen atoms in total. The van der Waals surface area contributed by atoms with Gasteiger partial charge >= 0.3 is 0 Å². The number of rotatable bonds is 2. The van der Waals surface area contributed by atoms with E-state index in [2.05, 4.69) is 37.2 Å². The second-order valence-corrected chi connectivity index (χ2v) is 7.58. The molecule has 2 rings (SSSR count). The Bertz CT molecular complexity index is 484. The van der Waals surface area contributed by atoms with E-state index in [1.54, 1.807) is 18.0 Å². The van der Waals surface area contributed by atoms with Gasteiger partial charge in [-0.3, -0.25) is 9.59 Å². The Hall–Kier alpha value is -0.400. The number of piperidine rings is 1. The third-order valence-corrected chi connectivity index (χ3v) is 6.41. The number of hydrogen-bond acceptors (Lipinski definition) is 3. The van der Waals surface area contributed by atoms with Gasteiger partial charge in [0.25, 0.3) is 5.91 Å². The lowest BCUT2D eigenvalue weighted by atomic mass is 10.0. The van der Waals surface area contributed by atoms with Crippen LogP contribution in [-0.2, 0) is 4.79 Å². The van der Waals surface area contributed by atoms with Gasteiger partial charge in [0, 0.05) is 18.1 Å². The van der Waals surface area contributed by atoms with Crippen LogP contribution in [0, 0.1) is 0 Å². The molecule has 1 unspecified atom stereocenters. The Morgan fingerprint density at radius 1 is 1.42 bits per heavy atom. The Morgan fingerprint density at radius 2 is 2.16 bits per heavy atom. The van der Waals surface area contributed by atoms with Crippen molar-refractivity contribution < 1.29 is 9.59 Å². The molecular formula is C12H14Br2N2O2S. The highest BCUT2D eigenvalue weighted by Crippen LogP contribution is 2.34. The van der Waals surface area contributed by atoms with Gasteiger partial charge in [0.2, 0.25) is 5.91 Å². The molecule has 0 radical (unpaired) electrons. The summed E-state index contributed by atoms with van der Waals surface area (Å²) in [7, 11) is 1.61. The zero-order valence-corrected chi connectivity index (χ0v) is 14.4. The molecule has 0 spiro atoms. The first-order valence-corrected chi connectivity index (χ1v) is 8.42. The van der Waals surface area contributed by atoms with Crippen LogP contribution in [0.15, 0.2) is 14.3 Å². The fourth-order valence-corrected chi connectivity index (χ4v) is 4.20. The van der Waals surface area contributed by atoms with E-state index < -0.39 is 0 Å². The van der Waals surface area contributed by atoms with Crippen molar-refractivity contribution in [2.75, 3.05) is 13.6 Å². The Balaban J connectivity index is 2.22. The minimum absolute atomic E-state index is 0.0651. The van der Waals surface area contributed by atoms with E-state index in [-0.39, 0.29) is 17.9 Å². The fraction of sp³-hybridized carbons (Fsp3) is 0.500. The van der Waals surface area contributed by atoms with Crippen LogP contribution in [0.2, 0.25) is 0 Å². The number of likely N-dealkylation sites (tertiary alicyclic amines) is 1. The molecule has 1 saturated heterocycles. The maximum absolute atomic E-state index is 12.5. The van der Waals surface area contributed by atoms with E-state index in [4.69, 9.17) is 0 Å². The predicted molar refractivity (Wildman–Crippen MR) is 82.5 cm³/mol. The summed E-state index contributed by atoms with van der Waals surface area (Å²) >= 11 is 8.15. The van der Waals surface area contributed by atoms with Gasteiger partial charge in [-0.15, -0.1) is 11.3 Å². The van der Waals surface area contributed by atoms with E-state index >= 15 is 0 Å². The monoisotopic (exact) mass is 408 g/mol. The molecule has 0 saturated carbocycles. The second-order valence-electron chi connectivity index (χ2n) is 4.36. The van der Waals surface area contributed by atoms with Crippen LogP contribution in [0.3, 0.4) is 0 Å². The largest absolute Gasteiger partial charge is 0.357 e. The third kappa shape index (κ3) is 3.20. The Labute approximate surface area is 132 Å². The molecule has 1 atom stereocenters. The summed E-state index contributed by atoms with van der Waals surface area (Å²) in [6.07, 6.45) is 2.67. The average molecular weight is 410 g/mol. The molecule has 7 heteroatoms. The van der Waals surface area contributed by atoms with Crippen LogP contribution in [0.1, 0.15) is 28.9 Å². The van der Waals surface area contributed by atoms with Gasteiger partial charge in [0.05, 0.1) is 8.66 Å². The van der Waals surface area contributed by atoms with Crippen molar-refractivity contribution in [3.05, 3.63) is 19.2 Å². The van der Waals surface area contributed by atoms with E-state index in [0.29, 0.717) is 11.4 Å². The molecular weight excluding hydrogens is 396 g/mol. The van der Waals surface area contributed by atoms with Crippen molar-refractivity contribution in [1.29, 1.82) is 0 Å². The third-order valence-electron chi connectivity index (χ3n) is 3.17. The minimum Gasteiger partial charge on any atom is -0.357 e. The van der Waals surface area contributed by atoms with Gasteiger partial charge in [0.1, 0.15) is 6.04 Å². The first kappa shape index (κ1) is 15.0. The van der Waals surface area contributed by atoms with Crippen LogP contribution in [0.25, 0.3) is 0 Å². The lowest BCUT2D eigenvalue weighted by Gasteiger charge is -2.34. The molecule has 1 aromatic heterocycles. The summed E-state index contributed by atoms with van der Waals surface area (Å²) < 4.78 is 1.76. The van der Waals surface area contributed by atoms with Gasteiger partial charge in [-0.05, 0) is 57.2 Å². The van der Waals surface area contributed by atoms with Gasteiger partial charge in [-0.25, -0.2) is 0 Å². The maximum atomic E-state index is 12.5. The summed E-state index contributed by atoms with van der Waals surface area (Å²) in [4.78, 5) is 26.7. The first-order valence-electron chi connectivity index (χ1n) is 6.02. The second kappa shape index (κ2) is 6.37. The van der Waals surface area contributed by atoms with Gasteiger partial charge in [-0.1, -0.05) is 0 Å². The summed E-state index contributed by atoms with van der Waals surface area (Å²) in [6, 6.07) is 1.46. The number of halogens is 2. The number of hydrogen-bond donors (Lipinski definition) is 1. The zero-order chi connectivity index (χ0) is 14.0. The molecule has 0 aliphatic carbocycles. The van der Waals surface area contributed by atoms with E-state index in [0.717, 1.165) is 27.5 Å². The Kier molecular flexibility index (Phi) is 5.03. The number of nitrogens with zero attached hydrogens (tertiary/aromatic N) is 1. The number of nitrogens with one attached hydrogen (secondary N) is 1. The van der Waals surface area contributed by atoms with Crippen molar-refractivity contribution in [2.24, 2.45) is 0 Å². The quantitative estimate of drug-likeness (QED) is 0.816. The average Bonchev–Trinajstić information content (AvgIpc) is 2.77. The van der Waals surface area contributed by atoms with Gasteiger partial charge < -0.3 is 10.2 Å². The molecule has 0 aromatic carbocycles. The van der Waals surface area contributed by atoms with Crippen LogP contribution in [0.4, 0.5) is 0 Å². The highest BCUT2D eigenvalue weighted by atomic mass is 79.9. The van der Waals surface area contributed by atoms with Crippen molar-refractivity contribution >= 4 is 55.0 Å². The highest BCUT2D eigenvalue weighted by molar-refractivity contribution is 9.13. The lowest BCUT2D eigenvalue weighted by Crippen LogP contribution is -2.51. The molecule has 1 aromatic rings. The molecule has 1 aliphatic rings. The molecule has 1 aliphatic heterocycles. The predicted octanol–water partition coefficient (Wildman–Crippen LogP) is 3.01. The maximum Gasteiger partial charge on any atom is 0.264 e. The van der Waals surface area contributed by atoms with E-state index in [9.17, 15) is 9.59 Å². The number of carbonyl (C=O) groups is 2. The van der Waals surface area contributed by atoms with Gasteiger partial charge in [-0.2, -0.15) is 0 Å². The molecule has 2 amide bonds. The number of likely N-dealkylation sites (N-methyl/N-ethyl adjacent to an activating group) is 1. The number of thiophene rings is 1. The van der Waals surface area contributed by atoms with Gasteiger partial charge in [0.15, 0.2) is 0 Å². The lowest BCUT2D eigenvalue weighted by molar-refractivity contribution is -0.126.